The number of ether oxygens (including phenoxy) is 1. The summed E-state index contributed by atoms with van der Waals surface area (Å²) in [5.41, 5.74) is 15.7. The zero-order chi connectivity index (χ0) is 32.7. The topological polar surface area (TPSA) is 9.23 Å². The third kappa shape index (κ3) is 3.62. The SMILES string of the molecule is CC1(C)c2ccccc2Oc2c1ccc1c2-c2cc(-c3cccc4c3Sc3c(ccc5c3-c3ccccc3C5(C)C)S4)ccc2C1(C)C. The monoisotopic (exact) mass is 656 g/mol. The molecule has 0 unspecified atom stereocenters. The molecule has 3 heteroatoms. The van der Waals surface area contributed by atoms with E-state index >= 15 is 0 Å². The molecule has 0 fully saturated rings. The highest BCUT2D eigenvalue weighted by Gasteiger charge is 2.43. The number of benzene rings is 6. The molecule has 6 aromatic carbocycles. The summed E-state index contributed by atoms with van der Waals surface area (Å²) in [5, 5.41) is 0. The van der Waals surface area contributed by atoms with Crippen LogP contribution in [0.4, 0.5) is 0 Å². The maximum absolute atomic E-state index is 6.86. The van der Waals surface area contributed by atoms with E-state index in [1.165, 1.54) is 86.3 Å². The van der Waals surface area contributed by atoms with E-state index in [0.29, 0.717) is 0 Å². The van der Waals surface area contributed by atoms with Crippen LogP contribution in [0, 0.1) is 0 Å². The molecule has 0 spiro atoms. The largest absolute Gasteiger partial charge is 0.456 e. The standard InChI is InChI=1S/C45H36OS2/c1-43(2)29-14-8-7-12-27(29)39-33(43)22-23-37-42(39)48-41-26(13-11-17-36(41)47-37)25-18-19-30-28(24-25)38-32(44(30,3)4)20-21-34-40(38)46-35-16-10-9-15-31(35)45(34,5)6/h7-24H,1-6H3. The number of hydrogen-bond acceptors (Lipinski definition) is 3. The van der Waals surface area contributed by atoms with Gasteiger partial charge in [-0.15, -0.1) is 0 Å². The number of para-hydroxylation sites is 1. The Labute approximate surface area is 291 Å². The fourth-order valence-electron chi connectivity index (χ4n) is 8.98. The zero-order valence-corrected chi connectivity index (χ0v) is 29.8. The van der Waals surface area contributed by atoms with Gasteiger partial charge < -0.3 is 4.74 Å². The van der Waals surface area contributed by atoms with Crippen molar-refractivity contribution >= 4 is 23.5 Å². The van der Waals surface area contributed by atoms with Crippen LogP contribution in [0.3, 0.4) is 0 Å². The Balaban J connectivity index is 1.14. The highest BCUT2D eigenvalue weighted by atomic mass is 32.2. The van der Waals surface area contributed by atoms with Crippen LogP contribution in [0.25, 0.3) is 33.4 Å². The molecule has 0 bridgehead atoms. The first-order valence-corrected chi connectivity index (χ1v) is 18.6. The van der Waals surface area contributed by atoms with Gasteiger partial charge in [0.15, 0.2) is 0 Å². The highest BCUT2D eigenvalue weighted by molar-refractivity contribution is 8.05. The van der Waals surface area contributed by atoms with E-state index < -0.39 is 0 Å². The van der Waals surface area contributed by atoms with Crippen molar-refractivity contribution in [2.45, 2.75) is 77.4 Å². The summed E-state index contributed by atoms with van der Waals surface area (Å²) >= 11 is 3.88. The van der Waals surface area contributed by atoms with Gasteiger partial charge in [-0.25, -0.2) is 0 Å². The molecule has 0 N–H and O–H groups in total. The van der Waals surface area contributed by atoms with Gasteiger partial charge >= 0.3 is 0 Å². The molecule has 4 aliphatic rings. The predicted molar refractivity (Wildman–Crippen MR) is 200 cm³/mol. The van der Waals surface area contributed by atoms with Crippen molar-refractivity contribution in [3.05, 3.63) is 143 Å². The maximum Gasteiger partial charge on any atom is 0.139 e. The van der Waals surface area contributed by atoms with Crippen LogP contribution in [0.2, 0.25) is 0 Å². The molecule has 6 aromatic rings. The highest BCUT2D eigenvalue weighted by Crippen LogP contribution is 2.62. The maximum atomic E-state index is 6.86. The van der Waals surface area contributed by atoms with Gasteiger partial charge in [0, 0.05) is 58.1 Å². The summed E-state index contributed by atoms with van der Waals surface area (Å²) in [6.45, 7) is 14.1. The zero-order valence-electron chi connectivity index (χ0n) is 28.1. The Hall–Kier alpha value is -4.18. The Morgan fingerprint density at radius 2 is 1.04 bits per heavy atom. The number of fused-ring (bicyclic) bond motifs is 12. The van der Waals surface area contributed by atoms with Crippen molar-refractivity contribution < 1.29 is 4.74 Å². The lowest BCUT2D eigenvalue weighted by molar-refractivity contribution is 0.419. The average molecular weight is 657 g/mol. The molecular formula is C45H36OS2. The van der Waals surface area contributed by atoms with Crippen LogP contribution >= 0.6 is 23.5 Å². The summed E-state index contributed by atoms with van der Waals surface area (Å²) in [6, 6.07) is 41.0. The van der Waals surface area contributed by atoms with Crippen LogP contribution in [-0.4, -0.2) is 0 Å². The lowest BCUT2D eigenvalue weighted by Gasteiger charge is -2.36. The Morgan fingerprint density at radius 1 is 0.438 bits per heavy atom. The smallest absolute Gasteiger partial charge is 0.139 e. The van der Waals surface area contributed by atoms with Gasteiger partial charge in [0.1, 0.15) is 11.5 Å². The van der Waals surface area contributed by atoms with Gasteiger partial charge in [0.05, 0.1) is 0 Å². The first kappa shape index (κ1) is 28.8. The second-order valence-corrected chi connectivity index (χ2v) is 17.4. The van der Waals surface area contributed by atoms with Crippen molar-refractivity contribution in [2.75, 3.05) is 0 Å². The minimum absolute atomic E-state index is 0.0115. The van der Waals surface area contributed by atoms with Crippen molar-refractivity contribution in [3.8, 4) is 44.9 Å². The van der Waals surface area contributed by atoms with Gasteiger partial charge in [-0.2, -0.15) is 0 Å². The third-order valence-electron chi connectivity index (χ3n) is 11.6. The predicted octanol–water partition coefficient (Wildman–Crippen LogP) is 13.0. The van der Waals surface area contributed by atoms with Gasteiger partial charge in [-0.1, -0.05) is 150 Å². The van der Waals surface area contributed by atoms with Crippen LogP contribution in [-0.2, 0) is 16.2 Å². The summed E-state index contributed by atoms with van der Waals surface area (Å²) in [6.07, 6.45) is 0. The molecule has 1 nitrogen and oxygen atoms in total. The van der Waals surface area contributed by atoms with Crippen molar-refractivity contribution in [1.82, 2.24) is 0 Å². The minimum Gasteiger partial charge on any atom is -0.456 e. The van der Waals surface area contributed by atoms with E-state index in [1.54, 1.807) is 0 Å². The molecule has 48 heavy (non-hydrogen) atoms. The quantitative estimate of drug-likeness (QED) is 0.174. The van der Waals surface area contributed by atoms with Crippen LogP contribution in [0.1, 0.15) is 74.9 Å². The Kier molecular flexibility index (Phi) is 5.70. The van der Waals surface area contributed by atoms with E-state index in [-0.39, 0.29) is 16.2 Å². The first-order chi connectivity index (χ1) is 23.1. The summed E-state index contributed by atoms with van der Waals surface area (Å²) in [5.74, 6) is 1.98. The molecule has 2 heterocycles. The Morgan fingerprint density at radius 3 is 1.88 bits per heavy atom. The van der Waals surface area contributed by atoms with Crippen molar-refractivity contribution in [1.29, 1.82) is 0 Å². The number of hydrogen-bond donors (Lipinski definition) is 0. The van der Waals surface area contributed by atoms with Gasteiger partial charge in [-0.3, -0.25) is 0 Å². The first-order valence-electron chi connectivity index (χ1n) is 16.9. The van der Waals surface area contributed by atoms with E-state index in [0.717, 1.165) is 11.5 Å². The van der Waals surface area contributed by atoms with E-state index in [1.807, 2.05) is 23.5 Å². The lowest BCUT2D eigenvalue weighted by atomic mass is 9.74. The molecule has 0 saturated heterocycles. The van der Waals surface area contributed by atoms with Gasteiger partial charge in [-0.05, 0) is 68.8 Å². The van der Waals surface area contributed by atoms with Gasteiger partial charge in [0.25, 0.3) is 0 Å². The number of rotatable bonds is 1. The molecule has 0 saturated carbocycles. The summed E-state index contributed by atoms with van der Waals surface area (Å²) in [4.78, 5) is 5.43. The van der Waals surface area contributed by atoms with E-state index in [9.17, 15) is 0 Å². The van der Waals surface area contributed by atoms with Crippen molar-refractivity contribution in [2.24, 2.45) is 0 Å². The summed E-state index contributed by atoms with van der Waals surface area (Å²) < 4.78 is 6.86. The van der Waals surface area contributed by atoms with E-state index in [4.69, 9.17) is 4.74 Å². The molecule has 2 aliphatic heterocycles. The average Bonchev–Trinajstić information content (AvgIpc) is 3.46. The van der Waals surface area contributed by atoms with Crippen LogP contribution in [0.15, 0.2) is 129 Å². The second kappa shape index (κ2) is 9.49. The van der Waals surface area contributed by atoms with Crippen LogP contribution < -0.4 is 4.74 Å². The molecule has 2 aliphatic carbocycles. The normalized spacial score (nSPS) is 17.5. The fraction of sp³-hybridized carbons (Fsp3) is 0.200. The van der Waals surface area contributed by atoms with Crippen molar-refractivity contribution in [3.63, 3.8) is 0 Å². The van der Waals surface area contributed by atoms with Gasteiger partial charge in [0.2, 0.25) is 0 Å². The second-order valence-electron chi connectivity index (χ2n) is 15.3. The summed E-state index contributed by atoms with van der Waals surface area (Å²) in [7, 11) is 0. The molecule has 0 aromatic heterocycles. The molecule has 10 rings (SSSR count). The van der Waals surface area contributed by atoms with E-state index in [2.05, 4.69) is 151 Å². The molecular weight excluding hydrogens is 621 g/mol. The lowest BCUT2D eigenvalue weighted by Crippen LogP contribution is -2.25. The molecule has 0 radical (unpaired) electrons. The molecule has 0 atom stereocenters. The molecule has 0 amide bonds. The molecule has 234 valence electrons. The Bertz CT molecular complexity index is 2410. The third-order valence-corrected chi connectivity index (χ3v) is 14.3. The van der Waals surface area contributed by atoms with Crippen LogP contribution in [0.5, 0.6) is 11.5 Å². The fourth-order valence-corrected chi connectivity index (χ4v) is 11.6. The minimum atomic E-state index is -0.156.